The van der Waals surface area contributed by atoms with Gasteiger partial charge in [0.15, 0.2) is 5.96 Å². The van der Waals surface area contributed by atoms with Crippen LogP contribution in [0.4, 0.5) is 0 Å². The highest BCUT2D eigenvalue weighted by Gasteiger charge is 2.41. The van der Waals surface area contributed by atoms with Crippen LogP contribution >= 0.6 is 24.0 Å². The van der Waals surface area contributed by atoms with E-state index in [2.05, 4.69) is 15.6 Å². The van der Waals surface area contributed by atoms with Crippen LogP contribution in [0.1, 0.15) is 31.9 Å². The number of nitrogens with one attached hydrogen (secondary N) is 2. The number of aliphatic imine (C=N–C) groups is 1. The second kappa shape index (κ2) is 10.9. The second-order valence-electron chi connectivity index (χ2n) is 5.77. The van der Waals surface area contributed by atoms with Crippen LogP contribution in [0.2, 0.25) is 0 Å². The Morgan fingerprint density at radius 3 is 2.87 bits per heavy atom. The van der Waals surface area contributed by atoms with Gasteiger partial charge in [-0.1, -0.05) is 0 Å². The van der Waals surface area contributed by atoms with Gasteiger partial charge in [-0.25, -0.2) is 0 Å². The summed E-state index contributed by atoms with van der Waals surface area (Å²) < 4.78 is 10.7. The Hall–Kier alpha value is -0.800. The molecule has 0 saturated heterocycles. The molecule has 1 aliphatic rings. The minimum Gasteiger partial charge on any atom is -0.467 e. The zero-order valence-electron chi connectivity index (χ0n) is 13.7. The van der Waals surface area contributed by atoms with E-state index in [-0.39, 0.29) is 36.0 Å². The summed E-state index contributed by atoms with van der Waals surface area (Å²) in [6, 6.07) is 3.77. The lowest BCUT2D eigenvalue weighted by molar-refractivity contribution is 0.105. The molecule has 0 amide bonds. The molecule has 0 radical (unpaired) electrons. The van der Waals surface area contributed by atoms with Crippen molar-refractivity contribution in [2.75, 3.05) is 32.8 Å². The first-order valence-electron chi connectivity index (χ1n) is 8.01. The molecule has 1 aromatic heterocycles. The Labute approximate surface area is 155 Å². The number of furan rings is 1. The number of aliphatic hydroxyl groups is 1. The van der Waals surface area contributed by atoms with Crippen molar-refractivity contribution in [3.05, 3.63) is 24.2 Å². The normalized spacial score (nSPS) is 15.8. The molecule has 0 aromatic carbocycles. The maximum Gasteiger partial charge on any atom is 0.191 e. The fraction of sp³-hybridized carbons (Fsp3) is 0.688. The zero-order valence-corrected chi connectivity index (χ0v) is 16.0. The highest BCUT2D eigenvalue weighted by atomic mass is 127. The molecular weight excluding hydrogens is 409 g/mol. The molecule has 1 heterocycles. The summed E-state index contributed by atoms with van der Waals surface area (Å²) in [6.07, 6.45) is 4.70. The van der Waals surface area contributed by atoms with Gasteiger partial charge < -0.3 is 24.9 Å². The molecular formula is C16H28IN3O3. The van der Waals surface area contributed by atoms with Crippen molar-refractivity contribution in [2.45, 2.75) is 32.8 Å². The Morgan fingerprint density at radius 1 is 1.43 bits per heavy atom. The number of hydrogen-bond donors (Lipinski definition) is 3. The van der Waals surface area contributed by atoms with Gasteiger partial charge in [-0.15, -0.1) is 24.0 Å². The molecule has 1 saturated carbocycles. The Balaban J connectivity index is 0.00000264. The van der Waals surface area contributed by atoms with Gasteiger partial charge in [0.1, 0.15) is 12.4 Å². The van der Waals surface area contributed by atoms with E-state index in [0.29, 0.717) is 19.8 Å². The second-order valence-corrected chi connectivity index (χ2v) is 5.77. The van der Waals surface area contributed by atoms with Crippen LogP contribution < -0.4 is 10.6 Å². The maximum absolute atomic E-state index is 9.32. The molecule has 0 aliphatic heterocycles. The van der Waals surface area contributed by atoms with Gasteiger partial charge in [-0.3, -0.25) is 4.99 Å². The van der Waals surface area contributed by atoms with Crippen LogP contribution in [0, 0.1) is 5.41 Å². The van der Waals surface area contributed by atoms with E-state index in [4.69, 9.17) is 9.15 Å². The Bertz CT molecular complexity index is 447. The third kappa shape index (κ3) is 7.54. The Morgan fingerprint density at radius 2 is 2.26 bits per heavy atom. The van der Waals surface area contributed by atoms with E-state index >= 15 is 0 Å². The highest BCUT2D eigenvalue weighted by molar-refractivity contribution is 14.0. The van der Waals surface area contributed by atoms with Crippen LogP contribution in [0.25, 0.3) is 0 Å². The lowest BCUT2D eigenvalue weighted by Crippen LogP contribution is -2.38. The minimum absolute atomic E-state index is 0. The summed E-state index contributed by atoms with van der Waals surface area (Å²) in [5.41, 5.74) is 0.0501. The predicted molar refractivity (Wildman–Crippen MR) is 101 cm³/mol. The molecule has 7 heteroatoms. The molecule has 2 rings (SSSR count). The maximum atomic E-state index is 9.32. The van der Waals surface area contributed by atoms with Gasteiger partial charge in [0.25, 0.3) is 0 Å². The minimum atomic E-state index is 0. The van der Waals surface area contributed by atoms with Crippen molar-refractivity contribution < 1.29 is 14.3 Å². The third-order valence-electron chi connectivity index (χ3n) is 3.79. The molecule has 0 spiro atoms. The van der Waals surface area contributed by atoms with Crippen molar-refractivity contribution in [1.29, 1.82) is 0 Å². The van der Waals surface area contributed by atoms with E-state index in [0.717, 1.165) is 44.1 Å². The number of halogens is 1. The molecule has 0 atom stereocenters. The molecule has 3 N–H and O–H groups in total. The molecule has 6 nitrogen and oxygen atoms in total. The average molecular weight is 437 g/mol. The smallest absolute Gasteiger partial charge is 0.191 e. The van der Waals surface area contributed by atoms with Crippen LogP contribution in [0.5, 0.6) is 0 Å². The van der Waals surface area contributed by atoms with Crippen molar-refractivity contribution in [2.24, 2.45) is 10.4 Å². The number of nitrogens with zero attached hydrogens (tertiary/aromatic N) is 1. The topological polar surface area (TPSA) is 79.0 Å². The lowest BCUT2D eigenvalue weighted by atomic mass is 10.1. The summed E-state index contributed by atoms with van der Waals surface area (Å²) >= 11 is 0. The van der Waals surface area contributed by atoms with Gasteiger partial charge in [-0.2, -0.15) is 0 Å². The van der Waals surface area contributed by atoms with Gasteiger partial charge in [0, 0.05) is 25.1 Å². The van der Waals surface area contributed by atoms with E-state index < -0.39 is 0 Å². The van der Waals surface area contributed by atoms with Crippen molar-refractivity contribution >= 4 is 29.9 Å². The first-order chi connectivity index (χ1) is 10.8. The number of rotatable bonds is 10. The van der Waals surface area contributed by atoms with Crippen molar-refractivity contribution in [1.82, 2.24) is 10.6 Å². The number of guanidine groups is 1. The molecule has 0 bridgehead atoms. The largest absolute Gasteiger partial charge is 0.467 e. The standard InChI is InChI=1S/C16H27N3O3.HI/c1-2-17-15(19-12-16(13-20)6-7-16)18-8-4-9-21-11-14-5-3-10-22-14;/h3,5,10,20H,2,4,6-9,11-13H2,1H3,(H2,17,18,19);1H. The van der Waals surface area contributed by atoms with Gasteiger partial charge in [-0.05, 0) is 38.3 Å². The molecule has 1 aliphatic carbocycles. The molecule has 1 aromatic rings. The van der Waals surface area contributed by atoms with Gasteiger partial charge in [0.05, 0.1) is 19.4 Å². The molecule has 23 heavy (non-hydrogen) atoms. The molecule has 1 fully saturated rings. The van der Waals surface area contributed by atoms with Crippen LogP contribution in [-0.4, -0.2) is 43.9 Å². The highest BCUT2D eigenvalue weighted by Crippen LogP contribution is 2.45. The fourth-order valence-corrected chi connectivity index (χ4v) is 2.08. The summed E-state index contributed by atoms with van der Waals surface area (Å²) in [7, 11) is 0. The van der Waals surface area contributed by atoms with Crippen LogP contribution in [-0.2, 0) is 11.3 Å². The van der Waals surface area contributed by atoms with E-state index in [1.54, 1.807) is 6.26 Å². The Kier molecular flexibility index (Phi) is 9.57. The summed E-state index contributed by atoms with van der Waals surface area (Å²) in [5, 5.41) is 15.8. The molecule has 0 unspecified atom stereocenters. The summed E-state index contributed by atoms with van der Waals surface area (Å²) in [4.78, 5) is 4.56. The first kappa shape index (κ1) is 20.2. The number of ether oxygens (including phenoxy) is 1. The van der Waals surface area contributed by atoms with Gasteiger partial charge >= 0.3 is 0 Å². The first-order valence-corrected chi connectivity index (χ1v) is 8.01. The predicted octanol–water partition coefficient (Wildman–Crippen LogP) is 2.13. The number of aliphatic hydroxyl groups excluding tert-OH is 1. The number of hydrogen-bond acceptors (Lipinski definition) is 4. The summed E-state index contributed by atoms with van der Waals surface area (Å²) in [5.74, 6) is 1.66. The van der Waals surface area contributed by atoms with E-state index in [9.17, 15) is 5.11 Å². The monoisotopic (exact) mass is 437 g/mol. The van der Waals surface area contributed by atoms with Crippen molar-refractivity contribution in [3.63, 3.8) is 0 Å². The van der Waals surface area contributed by atoms with Crippen LogP contribution in [0.15, 0.2) is 27.8 Å². The zero-order chi connectivity index (χ0) is 15.7. The van der Waals surface area contributed by atoms with Crippen molar-refractivity contribution in [3.8, 4) is 0 Å². The lowest BCUT2D eigenvalue weighted by Gasteiger charge is -2.13. The quantitative estimate of drug-likeness (QED) is 0.226. The third-order valence-corrected chi connectivity index (χ3v) is 3.79. The fourth-order valence-electron chi connectivity index (χ4n) is 2.08. The average Bonchev–Trinajstić information content (AvgIpc) is 3.13. The SMILES string of the molecule is CCNC(=NCC1(CO)CC1)NCCCOCc1ccco1.I. The van der Waals surface area contributed by atoms with Crippen LogP contribution in [0.3, 0.4) is 0 Å². The summed E-state index contributed by atoms with van der Waals surface area (Å²) in [6.45, 7) is 5.78. The van der Waals surface area contributed by atoms with E-state index in [1.807, 2.05) is 19.1 Å². The molecule has 132 valence electrons. The van der Waals surface area contributed by atoms with Gasteiger partial charge in [0.2, 0.25) is 0 Å². The van der Waals surface area contributed by atoms with E-state index in [1.165, 1.54) is 0 Å².